The number of anilines is 1. The third kappa shape index (κ3) is 5.77. The smallest absolute Gasteiger partial charge is 0.410 e. The molecule has 1 saturated heterocycles. The van der Waals surface area contributed by atoms with Crippen molar-refractivity contribution in [2.45, 2.75) is 45.3 Å². The van der Waals surface area contributed by atoms with E-state index < -0.39 is 11.6 Å². The monoisotopic (exact) mass is 378 g/mol. The molecule has 1 fully saturated rings. The summed E-state index contributed by atoms with van der Waals surface area (Å²) in [5.74, 6) is 0.0743. The molecule has 0 atom stereocenters. The quantitative estimate of drug-likeness (QED) is 0.749. The van der Waals surface area contributed by atoms with Gasteiger partial charge in [-0.2, -0.15) is 0 Å². The van der Waals surface area contributed by atoms with Gasteiger partial charge in [0.05, 0.1) is 7.11 Å². The second kappa shape index (κ2) is 8.50. The van der Waals surface area contributed by atoms with Crippen LogP contribution in [0.25, 0.3) is 0 Å². The predicted molar refractivity (Wildman–Crippen MR) is 104 cm³/mol. The van der Waals surface area contributed by atoms with Gasteiger partial charge in [-0.3, -0.25) is 0 Å². The SMILES string of the molecule is COC(=O)c1ccc(N(C)C)cc1OC1CCN(C(=O)OC(C)(C)C)CC1. The lowest BCUT2D eigenvalue weighted by Crippen LogP contribution is -2.44. The summed E-state index contributed by atoms with van der Waals surface area (Å²) in [6.07, 6.45) is 0.966. The van der Waals surface area contributed by atoms with Gasteiger partial charge in [0.2, 0.25) is 0 Å². The van der Waals surface area contributed by atoms with Crippen molar-refractivity contribution in [3.8, 4) is 5.75 Å². The van der Waals surface area contributed by atoms with Gasteiger partial charge in [-0.1, -0.05) is 0 Å². The molecule has 1 aliphatic rings. The third-order valence-electron chi connectivity index (χ3n) is 4.27. The number of ether oxygens (including phenoxy) is 3. The van der Waals surface area contributed by atoms with Crippen molar-refractivity contribution in [3.05, 3.63) is 23.8 Å². The summed E-state index contributed by atoms with van der Waals surface area (Å²) in [4.78, 5) is 27.9. The van der Waals surface area contributed by atoms with Crippen molar-refractivity contribution in [1.82, 2.24) is 4.90 Å². The number of esters is 1. The van der Waals surface area contributed by atoms with Crippen LogP contribution in [0.5, 0.6) is 5.75 Å². The van der Waals surface area contributed by atoms with Crippen molar-refractivity contribution < 1.29 is 23.8 Å². The molecule has 1 aromatic rings. The van der Waals surface area contributed by atoms with Crippen LogP contribution in [-0.2, 0) is 9.47 Å². The molecule has 2 rings (SSSR count). The van der Waals surface area contributed by atoms with Crippen LogP contribution in [0.3, 0.4) is 0 Å². The van der Waals surface area contributed by atoms with E-state index in [1.54, 1.807) is 11.0 Å². The number of rotatable bonds is 4. The number of methoxy groups -OCH3 is 1. The molecule has 0 N–H and O–H groups in total. The second-order valence-electron chi connectivity index (χ2n) is 7.85. The fourth-order valence-corrected chi connectivity index (χ4v) is 2.83. The van der Waals surface area contributed by atoms with E-state index in [-0.39, 0.29) is 12.2 Å². The van der Waals surface area contributed by atoms with Crippen molar-refractivity contribution in [2.75, 3.05) is 39.2 Å². The number of piperidine rings is 1. The van der Waals surface area contributed by atoms with Gasteiger partial charge < -0.3 is 24.0 Å². The van der Waals surface area contributed by atoms with Gasteiger partial charge in [0.15, 0.2) is 0 Å². The van der Waals surface area contributed by atoms with Crippen LogP contribution >= 0.6 is 0 Å². The molecule has 0 bridgehead atoms. The molecular weight excluding hydrogens is 348 g/mol. The fourth-order valence-electron chi connectivity index (χ4n) is 2.83. The first-order valence-electron chi connectivity index (χ1n) is 9.15. The molecule has 0 aliphatic carbocycles. The van der Waals surface area contributed by atoms with Crippen LogP contribution in [0, 0.1) is 0 Å². The van der Waals surface area contributed by atoms with Crippen molar-refractivity contribution >= 4 is 17.7 Å². The number of amides is 1. The van der Waals surface area contributed by atoms with Crippen LogP contribution in [0.15, 0.2) is 18.2 Å². The van der Waals surface area contributed by atoms with Gasteiger partial charge in [0, 0.05) is 51.8 Å². The van der Waals surface area contributed by atoms with E-state index in [9.17, 15) is 9.59 Å². The predicted octanol–water partition coefficient (Wildman–Crippen LogP) is 3.32. The van der Waals surface area contributed by atoms with E-state index in [1.165, 1.54) is 7.11 Å². The molecular formula is C20H30N2O5. The summed E-state index contributed by atoms with van der Waals surface area (Å²) in [6, 6.07) is 5.41. The molecule has 0 saturated carbocycles. The van der Waals surface area contributed by atoms with Crippen LogP contribution in [-0.4, -0.2) is 63.0 Å². The molecule has 0 unspecified atom stereocenters. The summed E-state index contributed by atoms with van der Waals surface area (Å²) in [7, 11) is 5.21. The average Bonchev–Trinajstić information content (AvgIpc) is 2.60. The molecule has 7 nitrogen and oxygen atoms in total. The first kappa shape index (κ1) is 20.9. The highest BCUT2D eigenvalue weighted by Gasteiger charge is 2.28. The van der Waals surface area contributed by atoms with E-state index in [1.807, 2.05) is 51.9 Å². The number of hydrogen-bond acceptors (Lipinski definition) is 6. The number of likely N-dealkylation sites (tertiary alicyclic amines) is 1. The molecule has 0 spiro atoms. The number of nitrogens with zero attached hydrogens (tertiary/aromatic N) is 2. The molecule has 27 heavy (non-hydrogen) atoms. The largest absolute Gasteiger partial charge is 0.489 e. The maximum atomic E-state index is 12.2. The Hall–Kier alpha value is -2.44. The van der Waals surface area contributed by atoms with E-state index >= 15 is 0 Å². The second-order valence-corrected chi connectivity index (χ2v) is 7.85. The fraction of sp³-hybridized carbons (Fsp3) is 0.600. The van der Waals surface area contributed by atoms with Crippen LogP contribution < -0.4 is 9.64 Å². The Morgan fingerprint density at radius 3 is 2.30 bits per heavy atom. The zero-order chi connectivity index (χ0) is 20.2. The number of carbonyl (C=O) groups is 2. The topological polar surface area (TPSA) is 68.3 Å². The Bertz CT molecular complexity index is 673. The summed E-state index contributed by atoms with van der Waals surface area (Å²) in [5, 5.41) is 0. The van der Waals surface area contributed by atoms with Crippen LogP contribution in [0.1, 0.15) is 44.0 Å². The third-order valence-corrected chi connectivity index (χ3v) is 4.27. The lowest BCUT2D eigenvalue weighted by molar-refractivity contribution is 0.0126. The number of hydrogen-bond donors (Lipinski definition) is 0. The minimum absolute atomic E-state index is 0.0792. The molecule has 0 aromatic heterocycles. The molecule has 0 radical (unpaired) electrons. The van der Waals surface area contributed by atoms with Gasteiger partial charge in [0.25, 0.3) is 0 Å². The minimum Gasteiger partial charge on any atom is -0.489 e. The highest BCUT2D eigenvalue weighted by atomic mass is 16.6. The maximum Gasteiger partial charge on any atom is 0.410 e. The maximum absolute atomic E-state index is 12.2. The summed E-state index contributed by atoms with van der Waals surface area (Å²) < 4.78 is 16.4. The molecule has 1 amide bonds. The summed E-state index contributed by atoms with van der Waals surface area (Å²) in [5.41, 5.74) is 0.827. The highest BCUT2D eigenvalue weighted by molar-refractivity contribution is 5.93. The Balaban J connectivity index is 2.05. The number of carbonyl (C=O) groups excluding carboxylic acids is 2. The van der Waals surface area contributed by atoms with E-state index in [0.717, 1.165) is 5.69 Å². The molecule has 150 valence electrons. The zero-order valence-electron chi connectivity index (χ0n) is 17.1. The first-order valence-corrected chi connectivity index (χ1v) is 9.15. The van der Waals surface area contributed by atoms with Crippen molar-refractivity contribution in [2.24, 2.45) is 0 Å². The average molecular weight is 378 g/mol. The normalized spacial score (nSPS) is 15.3. The first-order chi connectivity index (χ1) is 12.6. The molecule has 7 heteroatoms. The van der Waals surface area contributed by atoms with Crippen LogP contribution in [0.4, 0.5) is 10.5 Å². The van der Waals surface area contributed by atoms with Gasteiger partial charge >= 0.3 is 12.1 Å². The molecule has 1 heterocycles. The van der Waals surface area contributed by atoms with Gasteiger partial charge in [-0.15, -0.1) is 0 Å². The number of benzene rings is 1. The van der Waals surface area contributed by atoms with Crippen LogP contribution in [0.2, 0.25) is 0 Å². The lowest BCUT2D eigenvalue weighted by Gasteiger charge is -2.33. The Morgan fingerprint density at radius 1 is 1.15 bits per heavy atom. The molecule has 1 aliphatic heterocycles. The van der Waals surface area contributed by atoms with Gasteiger partial charge in [-0.25, -0.2) is 9.59 Å². The minimum atomic E-state index is -0.507. The Morgan fingerprint density at radius 2 is 1.78 bits per heavy atom. The van der Waals surface area contributed by atoms with Crippen molar-refractivity contribution in [3.63, 3.8) is 0 Å². The highest BCUT2D eigenvalue weighted by Crippen LogP contribution is 2.28. The standard InChI is InChI=1S/C20H30N2O5/c1-20(2,3)27-19(24)22-11-9-15(10-12-22)26-17-13-14(21(4)5)7-8-16(17)18(23)25-6/h7-8,13,15H,9-12H2,1-6H3. The van der Waals surface area contributed by atoms with E-state index in [0.29, 0.717) is 37.2 Å². The molecule has 1 aromatic carbocycles. The summed E-state index contributed by atoms with van der Waals surface area (Å²) >= 11 is 0. The Labute approximate surface area is 161 Å². The lowest BCUT2D eigenvalue weighted by atomic mass is 10.1. The zero-order valence-corrected chi connectivity index (χ0v) is 17.1. The van der Waals surface area contributed by atoms with E-state index in [4.69, 9.17) is 14.2 Å². The van der Waals surface area contributed by atoms with E-state index in [2.05, 4.69) is 0 Å². The Kier molecular flexibility index (Phi) is 6.57. The van der Waals surface area contributed by atoms with Gasteiger partial charge in [0.1, 0.15) is 23.0 Å². The summed E-state index contributed by atoms with van der Waals surface area (Å²) in [6.45, 7) is 6.67. The van der Waals surface area contributed by atoms with Crippen molar-refractivity contribution in [1.29, 1.82) is 0 Å². The van der Waals surface area contributed by atoms with Gasteiger partial charge in [-0.05, 0) is 32.9 Å².